The Labute approximate surface area is 184 Å². The Morgan fingerprint density at radius 1 is 0.800 bits per heavy atom. The molecular formula is C27H40N2O. The fourth-order valence-corrected chi connectivity index (χ4v) is 4.88. The third-order valence-corrected chi connectivity index (χ3v) is 6.70. The zero-order chi connectivity index (χ0) is 21.6. The van der Waals surface area contributed by atoms with Crippen molar-refractivity contribution in [3.8, 4) is 17.9 Å². The smallest absolute Gasteiger partial charge is 0.138 e. The molecule has 3 heteroatoms. The van der Waals surface area contributed by atoms with Gasteiger partial charge in [-0.1, -0.05) is 84.1 Å². The molecule has 0 heterocycles. The molecule has 0 spiro atoms. The zero-order valence-electron chi connectivity index (χ0n) is 19.2. The molecule has 1 saturated carbocycles. The highest BCUT2D eigenvalue weighted by Gasteiger charge is 2.20. The first-order valence-corrected chi connectivity index (χ1v) is 12.3. The van der Waals surface area contributed by atoms with E-state index >= 15 is 0 Å². The molecule has 2 rings (SSSR count). The van der Waals surface area contributed by atoms with E-state index in [1.165, 1.54) is 70.6 Å². The van der Waals surface area contributed by atoms with Crippen LogP contribution in [-0.4, -0.2) is 6.61 Å². The molecule has 164 valence electrons. The predicted octanol–water partition coefficient (Wildman–Crippen LogP) is 7.71. The monoisotopic (exact) mass is 408 g/mol. The fourth-order valence-electron chi connectivity index (χ4n) is 4.88. The molecular weight excluding hydrogens is 368 g/mol. The molecule has 0 saturated heterocycles. The van der Waals surface area contributed by atoms with Crippen LogP contribution in [0.5, 0.6) is 5.75 Å². The molecule has 0 N–H and O–H groups in total. The molecule has 0 unspecified atom stereocenters. The normalized spacial score (nSPS) is 18.5. The minimum absolute atomic E-state index is 0.420. The lowest BCUT2D eigenvalue weighted by atomic mass is 9.78. The molecule has 1 aromatic rings. The Kier molecular flexibility index (Phi) is 11.4. The Morgan fingerprint density at radius 3 is 2.10 bits per heavy atom. The maximum Gasteiger partial charge on any atom is 0.138 e. The van der Waals surface area contributed by atoms with Crippen molar-refractivity contribution in [2.75, 3.05) is 6.61 Å². The molecule has 30 heavy (non-hydrogen) atoms. The lowest BCUT2D eigenvalue weighted by molar-refractivity contribution is 0.230. The largest absolute Gasteiger partial charge is 0.492 e. The van der Waals surface area contributed by atoms with Gasteiger partial charge in [0.05, 0.1) is 12.2 Å². The number of rotatable bonds is 13. The van der Waals surface area contributed by atoms with Gasteiger partial charge in [0.2, 0.25) is 0 Å². The van der Waals surface area contributed by atoms with Crippen molar-refractivity contribution in [2.24, 2.45) is 11.8 Å². The standard InChI is InChI=1S/C27H40N2O/c1-3-5-6-7-8-12-24-17-18-27(26(21-29)25(24)20-28)30-19-9-11-23-15-13-22(10-4-2)14-16-23/h17-18,22-23H,3-16,19H2,1-2H3/t22-,23-. The summed E-state index contributed by atoms with van der Waals surface area (Å²) in [6, 6.07) is 8.38. The summed E-state index contributed by atoms with van der Waals surface area (Å²) in [5.41, 5.74) is 1.92. The molecule has 0 atom stereocenters. The van der Waals surface area contributed by atoms with Gasteiger partial charge >= 0.3 is 0 Å². The van der Waals surface area contributed by atoms with Crippen LogP contribution in [0.3, 0.4) is 0 Å². The summed E-state index contributed by atoms with van der Waals surface area (Å²) in [6.45, 7) is 5.13. The summed E-state index contributed by atoms with van der Waals surface area (Å²) >= 11 is 0. The van der Waals surface area contributed by atoms with E-state index in [1.807, 2.05) is 12.1 Å². The topological polar surface area (TPSA) is 56.8 Å². The maximum absolute atomic E-state index is 9.64. The number of ether oxygens (including phenoxy) is 1. The summed E-state index contributed by atoms with van der Waals surface area (Å²) in [7, 11) is 0. The van der Waals surface area contributed by atoms with Crippen LogP contribution < -0.4 is 4.74 Å². The van der Waals surface area contributed by atoms with Crippen molar-refractivity contribution in [1.29, 1.82) is 10.5 Å². The van der Waals surface area contributed by atoms with Crippen LogP contribution in [0.25, 0.3) is 0 Å². The quantitative estimate of drug-likeness (QED) is 0.314. The fraction of sp³-hybridized carbons (Fsp3) is 0.704. The number of hydrogen-bond acceptors (Lipinski definition) is 3. The van der Waals surface area contributed by atoms with Gasteiger partial charge < -0.3 is 4.74 Å². The van der Waals surface area contributed by atoms with Crippen molar-refractivity contribution in [2.45, 2.75) is 104 Å². The predicted molar refractivity (Wildman–Crippen MR) is 123 cm³/mol. The number of nitriles is 2. The summed E-state index contributed by atoms with van der Waals surface area (Å²) in [5.74, 6) is 2.37. The molecule has 1 fully saturated rings. The second-order valence-electron chi connectivity index (χ2n) is 9.03. The lowest BCUT2D eigenvalue weighted by Crippen LogP contribution is -2.15. The minimum atomic E-state index is 0.420. The van der Waals surface area contributed by atoms with Gasteiger partial charge in [-0.05, 0) is 49.1 Å². The highest BCUT2D eigenvalue weighted by Crippen LogP contribution is 2.34. The van der Waals surface area contributed by atoms with Gasteiger partial charge in [0.1, 0.15) is 23.5 Å². The molecule has 1 aliphatic rings. The van der Waals surface area contributed by atoms with Crippen molar-refractivity contribution in [3.63, 3.8) is 0 Å². The highest BCUT2D eigenvalue weighted by molar-refractivity contribution is 5.57. The Hall–Kier alpha value is -2.00. The van der Waals surface area contributed by atoms with Gasteiger partial charge in [-0.2, -0.15) is 10.5 Å². The summed E-state index contributed by atoms with van der Waals surface area (Å²) < 4.78 is 5.96. The summed E-state index contributed by atoms with van der Waals surface area (Å²) in [4.78, 5) is 0. The van der Waals surface area contributed by atoms with Gasteiger partial charge in [-0.25, -0.2) is 0 Å². The second-order valence-corrected chi connectivity index (χ2v) is 9.03. The number of unbranched alkanes of at least 4 members (excludes halogenated alkanes) is 4. The molecule has 1 aromatic carbocycles. The van der Waals surface area contributed by atoms with Crippen LogP contribution in [0.15, 0.2) is 12.1 Å². The van der Waals surface area contributed by atoms with Crippen molar-refractivity contribution < 1.29 is 4.74 Å². The Balaban J connectivity index is 1.81. The highest BCUT2D eigenvalue weighted by atomic mass is 16.5. The van der Waals surface area contributed by atoms with E-state index in [9.17, 15) is 10.5 Å². The average molecular weight is 409 g/mol. The molecule has 0 bridgehead atoms. The van der Waals surface area contributed by atoms with Gasteiger partial charge in [-0.3, -0.25) is 0 Å². The van der Waals surface area contributed by atoms with E-state index in [0.29, 0.717) is 23.5 Å². The van der Waals surface area contributed by atoms with E-state index < -0.39 is 0 Å². The number of benzene rings is 1. The second kappa shape index (κ2) is 14.1. The average Bonchev–Trinajstić information content (AvgIpc) is 2.77. The third kappa shape index (κ3) is 7.68. The molecule has 3 nitrogen and oxygen atoms in total. The van der Waals surface area contributed by atoms with Crippen LogP contribution in [0.2, 0.25) is 0 Å². The third-order valence-electron chi connectivity index (χ3n) is 6.70. The first kappa shape index (κ1) is 24.3. The SMILES string of the molecule is CCCCCCCc1ccc(OCCC[C@H]2CC[C@H](CCC)CC2)c(C#N)c1C#N. The number of hydrogen-bond donors (Lipinski definition) is 0. The van der Waals surface area contributed by atoms with Gasteiger partial charge in [0.15, 0.2) is 0 Å². The van der Waals surface area contributed by atoms with Gasteiger partial charge in [0.25, 0.3) is 0 Å². The first-order chi connectivity index (χ1) is 14.7. The van der Waals surface area contributed by atoms with E-state index in [1.54, 1.807) is 0 Å². The van der Waals surface area contributed by atoms with E-state index in [0.717, 1.165) is 36.7 Å². The summed E-state index contributed by atoms with van der Waals surface area (Å²) in [6.07, 6.45) is 17.3. The lowest BCUT2D eigenvalue weighted by Gasteiger charge is -2.28. The van der Waals surface area contributed by atoms with Crippen LogP contribution in [0.1, 0.15) is 114 Å². The first-order valence-electron chi connectivity index (χ1n) is 12.3. The molecule has 0 amide bonds. The Bertz CT molecular complexity index is 705. The van der Waals surface area contributed by atoms with Crippen molar-refractivity contribution in [3.05, 3.63) is 28.8 Å². The van der Waals surface area contributed by atoms with Crippen molar-refractivity contribution in [1.82, 2.24) is 0 Å². The molecule has 0 aromatic heterocycles. The van der Waals surface area contributed by atoms with Gasteiger partial charge in [0, 0.05) is 0 Å². The van der Waals surface area contributed by atoms with Gasteiger partial charge in [-0.15, -0.1) is 0 Å². The summed E-state index contributed by atoms with van der Waals surface area (Å²) in [5, 5.41) is 19.3. The molecule has 0 radical (unpaired) electrons. The molecule has 1 aliphatic carbocycles. The van der Waals surface area contributed by atoms with Crippen LogP contribution in [0, 0.1) is 34.5 Å². The van der Waals surface area contributed by atoms with Crippen molar-refractivity contribution >= 4 is 0 Å². The van der Waals surface area contributed by atoms with Crippen LogP contribution >= 0.6 is 0 Å². The maximum atomic E-state index is 9.64. The zero-order valence-corrected chi connectivity index (χ0v) is 19.2. The van der Waals surface area contributed by atoms with E-state index in [2.05, 4.69) is 26.0 Å². The van der Waals surface area contributed by atoms with E-state index in [4.69, 9.17) is 4.74 Å². The minimum Gasteiger partial charge on any atom is -0.492 e. The van der Waals surface area contributed by atoms with E-state index in [-0.39, 0.29) is 0 Å². The number of aryl methyl sites for hydroxylation is 1. The Morgan fingerprint density at radius 2 is 1.47 bits per heavy atom. The molecule has 0 aliphatic heterocycles. The van der Waals surface area contributed by atoms with Crippen LogP contribution in [-0.2, 0) is 6.42 Å². The van der Waals surface area contributed by atoms with Crippen LogP contribution in [0.4, 0.5) is 0 Å². The number of nitrogens with zero attached hydrogens (tertiary/aromatic N) is 2.